The van der Waals surface area contributed by atoms with Gasteiger partial charge in [0.05, 0.1) is 0 Å². The molecule has 0 unspecified atom stereocenters. The number of benzene rings is 7. The van der Waals surface area contributed by atoms with E-state index in [4.69, 9.17) is 28.8 Å². The predicted octanol–water partition coefficient (Wildman–Crippen LogP) is 12.1. The maximum atomic E-state index is 6.65. The van der Waals surface area contributed by atoms with Crippen molar-refractivity contribution in [3.05, 3.63) is 146 Å². The molecule has 4 aromatic heterocycles. The van der Waals surface area contributed by atoms with Gasteiger partial charge < -0.3 is 8.83 Å². The molecule has 0 atom stereocenters. The monoisotopic (exact) mass is 672 g/mol. The Morgan fingerprint density at radius 3 is 1.94 bits per heavy atom. The molecule has 0 spiro atoms. The minimum absolute atomic E-state index is 0.547. The third-order valence-corrected chi connectivity index (χ3v) is 10.7. The van der Waals surface area contributed by atoms with Crippen molar-refractivity contribution in [2.24, 2.45) is 0 Å². The molecule has 51 heavy (non-hydrogen) atoms. The van der Waals surface area contributed by atoms with Crippen LogP contribution in [0.15, 0.2) is 154 Å². The Labute approximate surface area is 294 Å². The van der Waals surface area contributed by atoms with Crippen molar-refractivity contribution in [1.29, 1.82) is 0 Å². The van der Waals surface area contributed by atoms with Gasteiger partial charge in [-0.05, 0) is 53.9 Å². The minimum atomic E-state index is 0.547. The molecule has 11 aromatic rings. The largest absolute Gasteiger partial charge is 0.456 e. The number of oxazole rings is 1. The lowest BCUT2D eigenvalue weighted by molar-refractivity contribution is 0.623. The average molecular weight is 673 g/mol. The molecule has 7 aromatic carbocycles. The molecule has 0 radical (unpaired) electrons. The highest BCUT2D eigenvalue weighted by Gasteiger charge is 2.23. The maximum absolute atomic E-state index is 6.65. The summed E-state index contributed by atoms with van der Waals surface area (Å²) in [5.74, 6) is 2.31. The normalized spacial score (nSPS) is 11.9. The number of thiophene rings is 1. The van der Waals surface area contributed by atoms with Crippen LogP contribution in [0, 0.1) is 0 Å². The average Bonchev–Trinajstić information content (AvgIpc) is 3.91. The number of rotatable bonds is 4. The molecule has 11 rings (SSSR count). The lowest BCUT2D eigenvalue weighted by Gasteiger charge is -2.12. The summed E-state index contributed by atoms with van der Waals surface area (Å²) < 4.78 is 15.4. The Morgan fingerprint density at radius 2 is 1.10 bits per heavy atom. The van der Waals surface area contributed by atoms with Crippen LogP contribution in [0.3, 0.4) is 0 Å². The van der Waals surface area contributed by atoms with Crippen molar-refractivity contribution < 1.29 is 8.83 Å². The maximum Gasteiger partial charge on any atom is 0.227 e. The van der Waals surface area contributed by atoms with Crippen LogP contribution in [-0.2, 0) is 0 Å². The zero-order valence-electron chi connectivity index (χ0n) is 26.9. The molecule has 0 aliphatic carbocycles. The Hall–Kier alpha value is -6.70. The Balaban J connectivity index is 1.26. The predicted molar refractivity (Wildman–Crippen MR) is 207 cm³/mol. The number of para-hydroxylation sites is 1. The van der Waals surface area contributed by atoms with Gasteiger partial charge in [-0.1, -0.05) is 97.1 Å². The smallest absolute Gasteiger partial charge is 0.227 e. The summed E-state index contributed by atoms with van der Waals surface area (Å²) in [6.45, 7) is 0. The summed E-state index contributed by atoms with van der Waals surface area (Å²) in [6, 6.07) is 49.2. The molecule has 0 amide bonds. The molecule has 7 heteroatoms. The van der Waals surface area contributed by atoms with E-state index >= 15 is 0 Å². The summed E-state index contributed by atoms with van der Waals surface area (Å²) in [4.78, 5) is 20.7. The van der Waals surface area contributed by atoms with E-state index in [1.165, 1.54) is 14.8 Å². The molecule has 238 valence electrons. The van der Waals surface area contributed by atoms with E-state index in [2.05, 4.69) is 60.7 Å². The molecule has 0 fully saturated rings. The van der Waals surface area contributed by atoms with Gasteiger partial charge in [-0.15, -0.1) is 11.3 Å². The van der Waals surface area contributed by atoms with Crippen molar-refractivity contribution in [1.82, 2.24) is 19.9 Å². The van der Waals surface area contributed by atoms with E-state index in [1.54, 1.807) is 11.3 Å². The van der Waals surface area contributed by atoms with Crippen molar-refractivity contribution in [2.75, 3.05) is 0 Å². The molecule has 0 N–H and O–H groups in total. The van der Waals surface area contributed by atoms with Gasteiger partial charge >= 0.3 is 0 Å². The first kappa shape index (κ1) is 28.2. The molecule has 0 aliphatic rings. The highest BCUT2D eigenvalue weighted by atomic mass is 32.1. The van der Waals surface area contributed by atoms with E-state index in [9.17, 15) is 0 Å². The van der Waals surface area contributed by atoms with Crippen LogP contribution in [0.4, 0.5) is 0 Å². The molecule has 6 nitrogen and oxygen atoms in total. The van der Waals surface area contributed by atoms with Crippen molar-refractivity contribution in [3.8, 4) is 45.6 Å². The topological polar surface area (TPSA) is 77.8 Å². The molecule has 4 heterocycles. The SMILES string of the molecule is c1ccc(-c2nc(-c3cc4nc(-c5ccccc5)oc4c4c3ccc3oc5ccccc5c34)nc(-c3cccc4sc5ccccc5c34)n2)cc1. The Morgan fingerprint density at radius 1 is 0.412 bits per heavy atom. The lowest BCUT2D eigenvalue weighted by Crippen LogP contribution is -2.01. The fourth-order valence-electron chi connectivity index (χ4n) is 7.28. The second-order valence-electron chi connectivity index (χ2n) is 12.6. The number of aromatic nitrogens is 4. The van der Waals surface area contributed by atoms with E-state index < -0.39 is 0 Å². The van der Waals surface area contributed by atoms with Crippen molar-refractivity contribution >= 4 is 75.3 Å². The molecular weight excluding hydrogens is 649 g/mol. The first-order chi connectivity index (χ1) is 25.3. The standard InChI is InChI=1S/C44H24N4O2S/c1-3-12-25(13-4-1)41-46-42(30-18-11-21-36-37(30)29-17-8-10-20-35(29)51-36)48-43(47-41)31-24-32-40(50-44(45-32)26-14-5-2-6-15-26)39-27(31)22-23-34-38(39)28-16-7-9-19-33(28)49-34/h1-24H. The molecule has 0 saturated carbocycles. The number of hydrogen-bond donors (Lipinski definition) is 0. The van der Waals surface area contributed by atoms with Gasteiger partial charge in [-0.2, -0.15) is 0 Å². The first-order valence-corrected chi connectivity index (χ1v) is 17.5. The zero-order chi connectivity index (χ0) is 33.5. The molecule has 0 aliphatic heterocycles. The Bertz CT molecular complexity index is 3150. The zero-order valence-corrected chi connectivity index (χ0v) is 27.7. The summed E-state index contributed by atoms with van der Waals surface area (Å²) in [5, 5.41) is 6.16. The number of fused-ring (bicyclic) bond motifs is 10. The summed E-state index contributed by atoms with van der Waals surface area (Å²) >= 11 is 1.78. The van der Waals surface area contributed by atoms with Gasteiger partial charge in [0.15, 0.2) is 23.1 Å². The van der Waals surface area contributed by atoms with Crippen LogP contribution < -0.4 is 0 Å². The van der Waals surface area contributed by atoms with Crippen molar-refractivity contribution in [3.63, 3.8) is 0 Å². The van der Waals surface area contributed by atoms with E-state index in [-0.39, 0.29) is 0 Å². The summed E-state index contributed by atoms with van der Waals surface area (Å²) in [6.07, 6.45) is 0. The van der Waals surface area contributed by atoms with Crippen LogP contribution in [0.2, 0.25) is 0 Å². The van der Waals surface area contributed by atoms with Crippen LogP contribution in [-0.4, -0.2) is 19.9 Å². The van der Waals surface area contributed by atoms with E-state index in [0.717, 1.165) is 60.4 Å². The lowest BCUT2D eigenvalue weighted by atomic mass is 9.98. The molecular formula is C44H24N4O2S. The summed E-state index contributed by atoms with van der Waals surface area (Å²) in [5.41, 5.74) is 6.60. The second-order valence-corrected chi connectivity index (χ2v) is 13.6. The van der Waals surface area contributed by atoms with E-state index in [1.807, 2.05) is 84.9 Å². The van der Waals surface area contributed by atoms with Crippen molar-refractivity contribution in [2.45, 2.75) is 0 Å². The fraction of sp³-hybridized carbons (Fsp3) is 0. The quantitative estimate of drug-likeness (QED) is 0.185. The number of nitrogens with zero attached hydrogens (tertiary/aromatic N) is 4. The highest BCUT2D eigenvalue weighted by Crippen LogP contribution is 2.44. The van der Waals surface area contributed by atoms with Gasteiger partial charge in [-0.3, -0.25) is 0 Å². The highest BCUT2D eigenvalue weighted by molar-refractivity contribution is 7.25. The molecule has 0 saturated heterocycles. The molecule has 0 bridgehead atoms. The van der Waals surface area contributed by atoms with E-state index in [0.29, 0.717) is 34.5 Å². The Kier molecular flexibility index (Phi) is 6.02. The van der Waals surface area contributed by atoms with Gasteiger partial charge in [0.1, 0.15) is 16.7 Å². The van der Waals surface area contributed by atoms with Crippen LogP contribution in [0.5, 0.6) is 0 Å². The van der Waals surface area contributed by atoms with Gasteiger partial charge in [-0.25, -0.2) is 19.9 Å². The second kappa shape index (κ2) is 10.9. The minimum Gasteiger partial charge on any atom is -0.456 e. The summed E-state index contributed by atoms with van der Waals surface area (Å²) in [7, 11) is 0. The fourth-order valence-corrected chi connectivity index (χ4v) is 8.42. The van der Waals surface area contributed by atoms with Crippen LogP contribution >= 0.6 is 11.3 Å². The van der Waals surface area contributed by atoms with Gasteiger partial charge in [0.25, 0.3) is 0 Å². The first-order valence-electron chi connectivity index (χ1n) is 16.7. The van der Waals surface area contributed by atoms with Crippen LogP contribution in [0.25, 0.3) is 110 Å². The third-order valence-electron chi connectivity index (χ3n) is 9.57. The number of furan rings is 1. The third kappa shape index (κ3) is 4.35. The number of hydrogen-bond acceptors (Lipinski definition) is 7. The van der Waals surface area contributed by atoms with Gasteiger partial charge in [0.2, 0.25) is 5.89 Å². The van der Waals surface area contributed by atoms with Crippen LogP contribution in [0.1, 0.15) is 0 Å². The van der Waals surface area contributed by atoms with Gasteiger partial charge in [0, 0.05) is 58.6 Å².